The Morgan fingerprint density at radius 2 is 0.579 bits per heavy atom. The predicted molar refractivity (Wildman–Crippen MR) is 310 cm³/mol. The molecule has 0 fully saturated rings. The lowest BCUT2D eigenvalue weighted by atomic mass is 10.0. The second kappa shape index (κ2) is 18.9. The summed E-state index contributed by atoms with van der Waals surface area (Å²) in [4.78, 5) is 35.8. The Labute approximate surface area is 436 Å². The maximum Gasteiger partial charge on any atom is 0.168 e. The van der Waals surface area contributed by atoms with Crippen molar-refractivity contribution in [2.24, 2.45) is 0 Å². The Morgan fingerprint density at radius 3 is 0.961 bits per heavy atom. The first-order chi connectivity index (χ1) is 37.6. The van der Waals surface area contributed by atoms with Crippen LogP contribution in [0.2, 0.25) is 0 Å². The zero-order valence-corrected chi connectivity index (χ0v) is 41.0. The Morgan fingerprint density at radius 1 is 0.276 bits per heavy atom. The molecule has 0 unspecified atom stereocenters. The first kappa shape index (κ1) is 44.4. The number of nitrogens with one attached hydrogen (secondary N) is 4. The van der Waals surface area contributed by atoms with Gasteiger partial charge in [-0.1, -0.05) is 121 Å². The maximum atomic E-state index is 6.94. The lowest BCUT2D eigenvalue weighted by Gasteiger charge is -2.10. The Kier molecular flexibility index (Phi) is 11.1. The summed E-state index contributed by atoms with van der Waals surface area (Å²) in [5.41, 5.74) is 21.4. The molecule has 362 valence electrons. The molecule has 4 N–H and O–H groups in total. The second-order valence-electron chi connectivity index (χ2n) is 18.8. The number of hydrogen-bond acceptors (Lipinski definition) is 6. The SMILES string of the molecule is C1=Cc2nc1cc1ccc([nH]1)c(-c1ccccc1)c1nc(c(OCCOc3c4nc(c(-c5ccccc5)c5ccc(cc6nc(c(-c7ccccc7)c7ccc3[nH]7)C=C6)[nH]5)C=C4)c3ccc([nH]3)c2-c2ccccc2)C=C1. The summed E-state index contributed by atoms with van der Waals surface area (Å²) in [6.07, 6.45) is 16.5. The monoisotopic (exact) mass is 982 g/mol. The third-order valence-electron chi connectivity index (χ3n) is 13.9. The minimum Gasteiger partial charge on any atom is -0.486 e. The van der Waals surface area contributed by atoms with E-state index in [-0.39, 0.29) is 13.2 Å². The molecule has 10 aromatic rings. The Bertz CT molecular complexity index is 4030. The first-order valence-corrected chi connectivity index (χ1v) is 25.4. The van der Waals surface area contributed by atoms with Crippen LogP contribution in [0.25, 0.3) is 137 Å². The minimum atomic E-state index is 0.176. The van der Waals surface area contributed by atoms with E-state index >= 15 is 0 Å². The zero-order valence-electron chi connectivity index (χ0n) is 41.0. The molecule has 6 aromatic heterocycles. The summed E-state index contributed by atoms with van der Waals surface area (Å²) in [6.45, 7) is 0.352. The van der Waals surface area contributed by atoms with E-state index in [1.807, 2.05) is 36.4 Å². The van der Waals surface area contributed by atoms with E-state index in [1.54, 1.807) is 0 Å². The third kappa shape index (κ3) is 8.39. The molecular formula is C66H46N8O2. The quantitative estimate of drug-likeness (QED) is 0.106. The molecular weight excluding hydrogens is 937 g/mol. The average Bonchev–Trinajstić information content (AvgIpc) is 4.31. The normalized spacial score (nSPS) is 12.4. The van der Waals surface area contributed by atoms with E-state index in [9.17, 15) is 0 Å². The fraction of sp³-hybridized carbons (Fsp3) is 0.0303. The zero-order chi connectivity index (χ0) is 50.4. The van der Waals surface area contributed by atoms with Gasteiger partial charge in [-0.15, -0.1) is 0 Å². The van der Waals surface area contributed by atoms with Crippen molar-refractivity contribution in [2.45, 2.75) is 0 Å². The highest BCUT2D eigenvalue weighted by Crippen LogP contribution is 2.38. The van der Waals surface area contributed by atoms with Gasteiger partial charge in [0.1, 0.15) is 24.6 Å². The first-order valence-electron chi connectivity index (χ1n) is 25.4. The van der Waals surface area contributed by atoms with E-state index in [0.29, 0.717) is 22.9 Å². The number of fused-ring (bicyclic) bond motifs is 16. The number of benzene rings is 4. The van der Waals surface area contributed by atoms with Crippen LogP contribution in [-0.2, 0) is 0 Å². The summed E-state index contributed by atoms with van der Waals surface area (Å²) in [5.74, 6) is 1.16. The molecule has 0 saturated carbocycles. The molecule has 16 bridgehead atoms. The van der Waals surface area contributed by atoms with Crippen molar-refractivity contribution in [3.63, 3.8) is 0 Å². The van der Waals surface area contributed by atoms with Gasteiger partial charge in [-0.3, -0.25) is 0 Å². The largest absolute Gasteiger partial charge is 0.486 e. The Hall–Kier alpha value is -10.3. The molecule has 10 heteroatoms. The fourth-order valence-electron chi connectivity index (χ4n) is 10.5. The summed E-state index contributed by atoms with van der Waals surface area (Å²) in [7, 11) is 0. The third-order valence-corrected chi connectivity index (χ3v) is 13.9. The number of rotatable bonds is 9. The minimum absolute atomic E-state index is 0.176. The second-order valence-corrected chi connectivity index (χ2v) is 18.8. The highest BCUT2D eigenvalue weighted by molar-refractivity contribution is 5.97. The molecule has 10 nitrogen and oxygen atoms in total. The highest BCUT2D eigenvalue weighted by Gasteiger charge is 2.20. The van der Waals surface area contributed by atoms with Gasteiger partial charge in [-0.2, -0.15) is 0 Å². The molecule has 0 saturated heterocycles. The van der Waals surface area contributed by atoms with Gasteiger partial charge in [0.05, 0.1) is 45.2 Å². The van der Waals surface area contributed by atoms with Crippen LogP contribution in [0.5, 0.6) is 11.5 Å². The molecule has 0 radical (unpaired) electrons. The van der Waals surface area contributed by atoms with Crippen molar-refractivity contribution in [1.82, 2.24) is 39.9 Å². The van der Waals surface area contributed by atoms with Crippen LogP contribution in [0.4, 0.5) is 0 Å². The van der Waals surface area contributed by atoms with Gasteiger partial charge in [-0.25, -0.2) is 19.9 Å². The molecule has 0 aliphatic carbocycles. The molecule has 4 aliphatic rings. The van der Waals surface area contributed by atoms with Crippen molar-refractivity contribution in [3.8, 4) is 56.0 Å². The van der Waals surface area contributed by atoms with Gasteiger partial charge in [0.15, 0.2) is 11.5 Å². The number of nitrogens with zero attached hydrogens (tertiary/aromatic N) is 4. The predicted octanol–water partition coefficient (Wildman–Crippen LogP) is 15.8. The van der Waals surface area contributed by atoms with Crippen LogP contribution in [0.15, 0.2) is 182 Å². The molecule has 4 aliphatic heterocycles. The average molecular weight is 983 g/mol. The molecule has 0 atom stereocenters. The Balaban J connectivity index is 0.928. The van der Waals surface area contributed by atoms with Crippen LogP contribution in [0.3, 0.4) is 0 Å². The lowest BCUT2D eigenvalue weighted by Crippen LogP contribution is -2.10. The van der Waals surface area contributed by atoms with Crippen molar-refractivity contribution in [1.29, 1.82) is 0 Å². The molecule has 10 heterocycles. The van der Waals surface area contributed by atoms with E-state index in [0.717, 1.165) is 123 Å². The van der Waals surface area contributed by atoms with Crippen LogP contribution < -0.4 is 9.47 Å². The molecule has 14 rings (SSSR count). The van der Waals surface area contributed by atoms with Gasteiger partial charge in [-0.05, 0) is 132 Å². The fourth-order valence-corrected chi connectivity index (χ4v) is 10.5. The number of aromatic amines is 4. The summed E-state index contributed by atoms with van der Waals surface area (Å²) >= 11 is 0. The standard InChI is InChI=1S/C66H46N8O2/c1-5-13-41(14-6-1)61-49-25-21-45(67-49)39-46-22-26-50(68-46)62(42-15-7-2-8-16-42)54-30-34-58(72-54)65(57-33-29-53(61)71-57)75-37-38-76-66-59-35-31-55(73-59)63(43-17-9-3-10-18-43)51-27-23-47(69-51)40-48-24-28-52(70-48)64(44-19-11-4-12-20-44)56-32-36-60(66)74-56/h1-36,39-40,67,69,72,74H,37-38H2. The van der Waals surface area contributed by atoms with Gasteiger partial charge in [0, 0.05) is 55.4 Å². The van der Waals surface area contributed by atoms with Gasteiger partial charge >= 0.3 is 0 Å². The molecule has 4 aromatic carbocycles. The van der Waals surface area contributed by atoms with Crippen molar-refractivity contribution < 1.29 is 9.47 Å². The van der Waals surface area contributed by atoms with E-state index in [1.165, 1.54) is 0 Å². The van der Waals surface area contributed by atoms with Gasteiger partial charge in [0.25, 0.3) is 0 Å². The van der Waals surface area contributed by atoms with Crippen LogP contribution in [-0.4, -0.2) is 53.1 Å². The van der Waals surface area contributed by atoms with Gasteiger partial charge in [0.2, 0.25) is 0 Å². The van der Waals surface area contributed by atoms with Crippen molar-refractivity contribution in [2.75, 3.05) is 13.2 Å². The highest BCUT2D eigenvalue weighted by atomic mass is 16.5. The van der Waals surface area contributed by atoms with Crippen LogP contribution >= 0.6 is 0 Å². The molecule has 0 spiro atoms. The van der Waals surface area contributed by atoms with Crippen molar-refractivity contribution >= 4 is 92.7 Å². The van der Waals surface area contributed by atoms with Gasteiger partial charge < -0.3 is 29.4 Å². The number of ether oxygens (including phenoxy) is 2. The van der Waals surface area contributed by atoms with E-state index < -0.39 is 0 Å². The van der Waals surface area contributed by atoms with Crippen LogP contribution in [0.1, 0.15) is 45.6 Å². The summed E-state index contributed by atoms with van der Waals surface area (Å²) < 4.78 is 13.9. The molecule has 0 amide bonds. The van der Waals surface area contributed by atoms with E-state index in [4.69, 9.17) is 29.4 Å². The number of aromatic nitrogens is 8. The summed E-state index contributed by atoms with van der Waals surface area (Å²) in [5, 5.41) is 0. The lowest BCUT2D eigenvalue weighted by molar-refractivity contribution is 0.218. The van der Waals surface area contributed by atoms with Crippen LogP contribution in [0, 0.1) is 0 Å². The smallest absolute Gasteiger partial charge is 0.168 e. The molecule has 76 heavy (non-hydrogen) atoms. The van der Waals surface area contributed by atoms with E-state index in [2.05, 4.69) is 214 Å². The maximum absolute atomic E-state index is 6.94. The number of hydrogen-bond donors (Lipinski definition) is 4. The number of H-pyrrole nitrogens is 4. The topological polar surface area (TPSA) is 133 Å². The summed E-state index contributed by atoms with van der Waals surface area (Å²) in [6, 6.07) is 62.2. The van der Waals surface area contributed by atoms with Crippen molar-refractivity contribution in [3.05, 3.63) is 228 Å².